The van der Waals surface area contributed by atoms with Gasteiger partial charge in [0.05, 0.1) is 15.2 Å². The Kier molecular flexibility index (Phi) is 7.04. The number of rotatable bonds is 8. The summed E-state index contributed by atoms with van der Waals surface area (Å²) in [6.45, 7) is 2.01. The molecule has 2 aromatic heterocycles. The number of carbonyl (C=O) groups excluding carboxylic acids is 1. The van der Waals surface area contributed by atoms with Gasteiger partial charge in [-0.1, -0.05) is 11.6 Å². The van der Waals surface area contributed by atoms with Gasteiger partial charge in [-0.2, -0.15) is 10.2 Å². The topological polar surface area (TPSA) is 64.7 Å². The van der Waals surface area contributed by atoms with Crippen LogP contribution in [0.2, 0.25) is 5.02 Å². The van der Waals surface area contributed by atoms with Gasteiger partial charge in [0, 0.05) is 19.3 Å². The van der Waals surface area contributed by atoms with Crippen LogP contribution in [0.5, 0.6) is 0 Å². The van der Waals surface area contributed by atoms with Crippen LogP contribution in [0.1, 0.15) is 36.4 Å². The van der Waals surface area contributed by atoms with Gasteiger partial charge >= 0.3 is 0 Å². The summed E-state index contributed by atoms with van der Waals surface area (Å²) in [5.41, 5.74) is -1.03. The number of nitrogens with one attached hydrogen (secondary N) is 1. The lowest BCUT2D eigenvalue weighted by atomic mass is 10.3. The summed E-state index contributed by atoms with van der Waals surface area (Å²) in [5, 5.41) is 9.26. The zero-order chi connectivity index (χ0) is 19.4. The highest BCUT2D eigenvalue weighted by molar-refractivity contribution is 9.10. The lowest BCUT2D eigenvalue weighted by Crippen LogP contribution is -2.30. The Hall–Kier alpha value is -1.62. The molecule has 2 rings (SSSR count). The number of aromatic nitrogens is 4. The van der Waals surface area contributed by atoms with Crippen LogP contribution in [0.25, 0.3) is 0 Å². The van der Waals surface area contributed by atoms with Crippen molar-refractivity contribution >= 4 is 33.4 Å². The minimum Gasteiger partial charge on any atom is -0.354 e. The van der Waals surface area contributed by atoms with Crippen LogP contribution in [0.15, 0.2) is 10.7 Å². The van der Waals surface area contributed by atoms with Crippen molar-refractivity contribution in [3.05, 3.63) is 32.8 Å². The van der Waals surface area contributed by atoms with Crippen molar-refractivity contribution in [3.8, 4) is 0 Å². The molecular weight excluding hydrogens is 446 g/mol. The fourth-order valence-corrected chi connectivity index (χ4v) is 2.83. The summed E-state index contributed by atoms with van der Waals surface area (Å²) in [7, 11) is 0. The van der Waals surface area contributed by atoms with Crippen molar-refractivity contribution in [2.24, 2.45) is 0 Å². The Balaban J connectivity index is 1.90. The van der Waals surface area contributed by atoms with Crippen LogP contribution in [0, 0.1) is 6.92 Å². The zero-order valence-electron chi connectivity index (χ0n) is 13.5. The number of aryl methyl sites for hydroxylation is 2. The Morgan fingerprint density at radius 3 is 2.54 bits per heavy atom. The highest BCUT2D eigenvalue weighted by Crippen LogP contribution is 2.34. The van der Waals surface area contributed by atoms with Gasteiger partial charge in [-0.15, -0.1) is 0 Å². The smallest absolute Gasteiger partial charge is 0.283 e. The van der Waals surface area contributed by atoms with E-state index in [0.29, 0.717) is 17.6 Å². The van der Waals surface area contributed by atoms with E-state index in [1.807, 2.05) is 6.92 Å². The van der Waals surface area contributed by atoms with E-state index in [9.17, 15) is 22.4 Å². The van der Waals surface area contributed by atoms with Crippen LogP contribution in [0.3, 0.4) is 0 Å². The predicted molar refractivity (Wildman–Crippen MR) is 89.4 cm³/mol. The molecule has 144 valence electrons. The standard InChI is InChI=1S/C14H15BrClF4N5O/c1-7-8(15)5-24(22-7)4-2-3-21-9(26)6-25-12(14(19)20)10(16)11(23-25)13(17)18/h5,13-14H,2-4,6H2,1H3,(H,21,26). The highest BCUT2D eigenvalue weighted by atomic mass is 79.9. The lowest BCUT2D eigenvalue weighted by molar-refractivity contribution is -0.121. The molecule has 0 aliphatic heterocycles. The Bertz CT molecular complexity index is 760. The molecule has 26 heavy (non-hydrogen) atoms. The van der Waals surface area contributed by atoms with Crippen molar-refractivity contribution < 1.29 is 22.4 Å². The first-order valence-electron chi connectivity index (χ1n) is 7.49. The van der Waals surface area contributed by atoms with E-state index in [4.69, 9.17) is 11.6 Å². The van der Waals surface area contributed by atoms with Gasteiger partial charge in [0.25, 0.3) is 12.9 Å². The molecule has 0 aromatic carbocycles. The van der Waals surface area contributed by atoms with Crippen LogP contribution in [0.4, 0.5) is 17.6 Å². The molecule has 0 atom stereocenters. The molecule has 0 fully saturated rings. The third kappa shape index (κ3) is 4.97. The summed E-state index contributed by atoms with van der Waals surface area (Å²) < 4.78 is 54.6. The molecule has 0 saturated heterocycles. The number of hydrogen-bond acceptors (Lipinski definition) is 3. The Morgan fingerprint density at radius 1 is 1.31 bits per heavy atom. The number of carbonyl (C=O) groups is 1. The molecule has 12 heteroatoms. The SMILES string of the molecule is Cc1nn(CCCNC(=O)Cn2nc(C(F)F)c(Cl)c2C(F)F)cc1Br. The molecule has 0 unspecified atom stereocenters. The summed E-state index contributed by atoms with van der Waals surface area (Å²) in [6.07, 6.45) is -3.90. The van der Waals surface area contributed by atoms with Crippen LogP contribution >= 0.6 is 27.5 Å². The van der Waals surface area contributed by atoms with Crippen molar-refractivity contribution in [2.75, 3.05) is 6.54 Å². The van der Waals surface area contributed by atoms with E-state index in [0.717, 1.165) is 10.2 Å². The van der Waals surface area contributed by atoms with E-state index in [1.165, 1.54) is 0 Å². The zero-order valence-corrected chi connectivity index (χ0v) is 15.9. The average Bonchev–Trinajstić information content (AvgIpc) is 3.03. The van der Waals surface area contributed by atoms with E-state index in [2.05, 4.69) is 31.4 Å². The molecule has 0 saturated carbocycles. The van der Waals surface area contributed by atoms with Gasteiger partial charge < -0.3 is 5.32 Å². The van der Waals surface area contributed by atoms with Crippen molar-refractivity contribution in [1.82, 2.24) is 24.9 Å². The maximum atomic E-state index is 13.0. The fraction of sp³-hybridized carbons (Fsp3) is 0.500. The quantitative estimate of drug-likeness (QED) is 0.480. The van der Waals surface area contributed by atoms with Gasteiger partial charge in [-0.05, 0) is 29.3 Å². The van der Waals surface area contributed by atoms with Crippen LogP contribution in [-0.2, 0) is 17.9 Å². The second-order valence-corrected chi connectivity index (χ2v) is 6.60. The molecule has 1 N–H and O–H groups in total. The summed E-state index contributed by atoms with van der Waals surface area (Å²) in [6, 6.07) is 0. The molecule has 0 spiro atoms. The van der Waals surface area contributed by atoms with Crippen molar-refractivity contribution in [3.63, 3.8) is 0 Å². The first-order chi connectivity index (χ1) is 12.2. The normalized spacial score (nSPS) is 11.6. The van der Waals surface area contributed by atoms with Crippen molar-refractivity contribution in [1.29, 1.82) is 0 Å². The molecule has 0 bridgehead atoms. The first kappa shape index (κ1) is 20.7. The molecule has 2 heterocycles. The lowest BCUT2D eigenvalue weighted by Gasteiger charge is -2.08. The van der Waals surface area contributed by atoms with Crippen LogP contribution < -0.4 is 5.32 Å². The van der Waals surface area contributed by atoms with Crippen LogP contribution in [-0.4, -0.2) is 32.0 Å². The third-order valence-electron chi connectivity index (χ3n) is 3.44. The average molecular weight is 461 g/mol. The molecule has 1 amide bonds. The van der Waals surface area contributed by atoms with Gasteiger partial charge in [0.2, 0.25) is 5.91 Å². The number of alkyl halides is 4. The van der Waals surface area contributed by atoms with Gasteiger partial charge in [0.1, 0.15) is 17.9 Å². The summed E-state index contributed by atoms with van der Waals surface area (Å²) in [4.78, 5) is 11.9. The maximum Gasteiger partial charge on any atom is 0.283 e. The second-order valence-electron chi connectivity index (χ2n) is 5.37. The molecular formula is C14H15BrClF4N5O. The van der Waals surface area contributed by atoms with E-state index < -0.39 is 41.7 Å². The third-order valence-corrected chi connectivity index (χ3v) is 4.60. The molecule has 2 aromatic rings. The maximum absolute atomic E-state index is 13.0. The summed E-state index contributed by atoms with van der Waals surface area (Å²) >= 11 is 8.86. The molecule has 6 nitrogen and oxygen atoms in total. The summed E-state index contributed by atoms with van der Waals surface area (Å²) in [5.74, 6) is -0.635. The van der Waals surface area contributed by atoms with E-state index in [1.54, 1.807) is 10.9 Å². The fourth-order valence-electron chi connectivity index (χ4n) is 2.21. The van der Waals surface area contributed by atoms with Crippen molar-refractivity contribution in [2.45, 2.75) is 39.3 Å². The van der Waals surface area contributed by atoms with Gasteiger partial charge in [-0.3, -0.25) is 14.2 Å². The molecule has 0 aliphatic rings. The minimum absolute atomic E-state index is 0.260. The molecule has 0 aliphatic carbocycles. The molecule has 0 radical (unpaired) electrons. The number of amides is 1. The number of hydrogen-bond donors (Lipinski definition) is 1. The van der Waals surface area contributed by atoms with E-state index >= 15 is 0 Å². The Morgan fingerprint density at radius 2 is 2.00 bits per heavy atom. The van der Waals surface area contributed by atoms with E-state index in [-0.39, 0.29) is 6.54 Å². The highest BCUT2D eigenvalue weighted by Gasteiger charge is 2.28. The first-order valence-corrected chi connectivity index (χ1v) is 8.66. The monoisotopic (exact) mass is 459 g/mol. The largest absolute Gasteiger partial charge is 0.354 e. The Labute approximate surface area is 159 Å². The number of halogens is 6. The number of nitrogens with zero attached hydrogens (tertiary/aromatic N) is 4. The second kappa shape index (κ2) is 8.85. The predicted octanol–water partition coefficient (Wildman–Crippen LogP) is 3.89. The van der Waals surface area contributed by atoms with Gasteiger partial charge in [-0.25, -0.2) is 17.6 Å². The minimum atomic E-state index is -3.13. The van der Waals surface area contributed by atoms with Gasteiger partial charge in [0.15, 0.2) is 0 Å².